The van der Waals surface area contributed by atoms with Crippen molar-refractivity contribution in [1.29, 1.82) is 0 Å². The van der Waals surface area contributed by atoms with Crippen LogP contribution in [0.2, 0.25) is 0 Å². The molecule has 0 fully saturated rings. The second-order valence-electron chi connectivity index (χ2n) is 6.22. The van der Waals surface area contributed by atoms with Crippen molar-refractivity contribution in [3.8, 4) is 0 Å². The molecule has 1 aromatic rings. The molecule has 2 heterocycles. The summed E-state index contributed by atoms with van der Waals surface area (Å²) in [6.07, 6.45) is 3.58. The number of aromatic nitrogens is 2. The summed E-state index contributed by atoms with van der Waals surface area (Å²) in [7, 11) is 0. The standard InChI is InChI=1S/C16H23F3N4O3/c1-2-3-4-5-6-7-8-13-21-14(25-22-13)12-9-20-11-23(10-12)26-15(24)16(17,18)19/h11-12H,2-10H2,1H3. The van der Waals surface area contributed by atoms with Crippen LogP contribution in [-0.2, 0) is 16.1 Å². The second-order valence-corrected chi connectivity index (χ2v) is 6.22. The van der Waals surface area contributed by atoms with Gasteiger partial charge in [0.25, 0.3) is 0 Å². The molecule has 0 saturated carbocycles. The van der Waals surface area contributed by atoms with Gasteiger partial charge in [-0.3, -0.25) is 4.99 Å². The molecule has 146 valence electrons. The van der Waals surface area contributed by atoms with Gasteiger partial charge < -0.3 is 9.36 Å². The van der Waals surface area contributed by atoms with E-state index in [-0.39, 0.29) is 19.0 Å². The lowest BCUT2D eigenvalue weighted by Crippen LogP contribution is -2.39. The molecule has 0 amide bonds. The van der Waals surface area contributed by atoms with Crippen LogP contribution < -0.4 is 0 Å². The SMILES string of the molecule is CCCCCCCCc1noc(C2CN=CN(OC(=O)C(F)(F)F)C2)n1. The van der Waals surface area contributed by atoms with E-state index in [9.17, 15) is 18.0 Å². The predicted octanol–water partition coefficient (Wildman–Crippen LogP) is 3.42. The molecule has 0 N–H and O–H groups in total. The van der Waals surface area contributed by atoms with Gasteiger partial charge in [-0.25, -0.2) is 4.79 Å². The first-order chi connectivity index (χ1) is 12.4. The van der Waals surface area contributed by atoms with E-state index < -0.39 is 18.1 Å². The van der Waals surface area contributed by atoms with E-state index in [0.29, 0.717) is 12.2 Å². The highest BCUT2D eigenvalue weighted by molar-refractivity contribution is 5.76. The zero-order chi connectivity index (χ0) is 19.0. The van der Waals surface area contributed by atoms with Crippen molar-refractivity contribution in [3.05, 3.63) is 11.7 Å². The summed E-state index contributed by atoms with van der Waals surface area (Å²) in [6, 6.07) is 0. The number of rotatable bonds is 9. The van der Waals surface area contributed by atoms with Gasteiger partial charge >= 0.3 is 12.1 Å². The van der Waals surface area contributed by atoms with E-state index in [0.717, 1.165) is 24.2 Å². The molecular formula is C16H23F3N4O3. The van der Waals surface area contributed by atoms with Crippen LogP contribution in [0.1, 0.15) is 63.1 Å². The van der Waals surface area contributed by atoms with E-state index in [2.05, 4.69) is 26.9 Å². The lowest BCUT2D eigenvalue weighted by molar-refractivity contribution is -0.225. The summed E-state index contributed by atoms with van der Waals surface area (Å²) < 4.78 is 42.0. The lowest BCUT2D eigenvalue weighted by atomic mass is 10.1. The summed E-state index contributed by atoms with van der Waals surface area (Å²) >= 11 is 0. The summed E-state index contributed by atoms with van der Waals surface area (Å²) in [5, 5.41) is 4.64. The Balaban J connectivity index is 1.79. The fraction of sp³-hybridized carbons (Fsp3) is 0.750. The maximum absolute atomic E-state index is 12.3. The first-order valence-corrected chi connectivity index (χ1v) is 8.78. The van der Waals surface area contributed by atoms with Crippen LogP contribution in [0.25, 0.3) is 0 Å². The fourth-order valence-electron chi connectivity index (χ4n) is 2.56. The van der Waals surface area contributed by atoms with Crippen LogP contribution in [0, 0.1) is 0 Å². The van der Waals surface area contributed by atoms with Crippen molar-refractivity contribution in [1.82, 2.24) is 15.2 Å². The van der Waals surface area contributed by atoms with Gasteiger partial charge in [0, 0.05) is 6.42 Å². The predicted molar refractivity (Wildman–Crippen MR) is 86.3 cm³/mol. The number of hydrogen-bond donors (Lipinski definition) is 0. The van der Waals surface area contributed by atoms with Crippen molar-refractivity contribution in [2.75, 3.05) is 13.1 Å². The maximum atomic E-state index is 12.3. The maximum Gasteiger partial charge on any atom is 0.493 e. The van der Waals surface area contributed by atoms with Crippen LogP contribution in [0.3, 0.4) is 0 Å². The number of carbonyl (C=O) groups excluding carboxylic acids is 1. The second kappa shape index (κ2) is 9.54. The van der Waals surface area contributed by atoms with Gasteiger partial charge in [0.1, 0.15) is 6.34 Å². The minimum Gasteiger partial charge on any atom is -0.339 e. The molecule has 1 aliphatic rings. The van der Waals surface area contributed by atoms with Crippen molar-refractivity contribution < 1.29 is 27.3 Å². The Morgan fingerprint density at radius 2 is 2.04 bits per heavy atom. The van der Waals surface area contributed by atoms with Gasteiger partial charge in [-0.15, -0.1) is 0 Å². The molecular weight excluding hydrogens is 353 g/mol. The Bertz CT molecular complexity index is 604. The minimum absolute atomic E-state index is 0.0238. The monoisotopic (exact) mass is 376 g/mol. The Morgan fingerprint density at radius 1 is 1.31 bits per heavy atom. The first-order valence-electron chi connectivity index (χ1n) is 8.78. The van der Waals surface area contributed by atoms with E-state index in [4.69, 9.17) is 4.52 Å². The number of nitrogens with zero attached hydrogens (tertiary/aromatic N) is 4. The summed E-state index contributed by atoms with van der Waals surface area (Å²) in [5.41, 5.74) is 0. The highest BCUT2D eigenvalue weighted by atomic mass is 19.4. The molecule has 1 aliphatic heterocycles. The number of unbranched alkanes of at least 4 members (excludes halogenated alkanes) is 5. The molecule has 1 aromatic heterocycles. The fourth-order valence-corrected chi connectivity index (χ4v) is 2.56. The number of hydroxylamine groups is 2. The normalized spacial score (nSPS) is 17.5. The van der Waals surface area contributed by atoms with Crippen LogP contribution in [0.15, 0.2) is 9.52 Å². The zero-order valence-corrected chi connectivity index (χ0v) is 14.7. The third-order valence-corrected chi connectivity index (χ3v) is 3.96. The van der Waals surface area contributed by atoms with E-state index in [1.165, 1.54) is 25.7 Å². The van der Waals surface area contributed by atoms with Gasteiger partial charge in [-0.2, -0.15) is 23.2 Å². The molecule has 0 bridgehead atoms. The average molecular weight is 376 g/mol. The van der Waals surface area contributed by atoms with E-state index >= 15 is 0 Å². The molecule has 0 aromatic carbocycles. The number of halogens is 3. The number of carbonyl (C=O) groups is 1. The Hall–Kier alpha value is -2.13. The first kappa shape index (κ1) is 20.2. The van der Waals surface area contributed by atoms with E-state index in [1.54, 1.807) is 0 Å². The van der Waals surface area contributed by atoms with Gasteiger partial charge in [0.15, 0.2) is 5.82 Å². The van der Waals surface area contributed by atoms with Crippen molar-refractivity contribution >= 4 is 12.3 Å². The number of alkyl halides is 3. The highest BCUT2D eigenvalue weighted by Crippen LogP contribution is 2.22. The smallest absolute Gasteiger partial charge is 0.339 e. The van der Waals surface area contributed by atoms with E-state index in [1.807, 2.05) is 0 Å². The molecule has 2 rings (SSSR count). The minimum atomic E-state index is -5.06. The van der Waals surface area contributed by atoms with Crippen LogP contribution in [-0.4, -0.2) is 46.8 Å². The molecule has 1 atom stereocenters. The third-order valence-electron chi connectivity index (χ3n) is 3.96. The molecule has 0 spiro atoms. The summed E-state index contributed by atoms with van der Waals surface area (Å²) in [5.74, 6) is -1.86. The van der Waals surface area contributed by atoms with Gasteiger partial charge in [0.05, 0.1) is 19.0 Å². The van der Waals surface area contributed by atoms with Gasteiger partial charge in [0.2, 0.25) is 5.89 Å². The Labute approximate surface area is 149 Å². The molecule has 1 unspecified atom stereocenters. The lowest BCUT2D eigenvalue weighted by Gasteiger charge is -2.25. The van der Waals surface area contributed by atoms with Crippen molar-refractivity contribution in [2.24, 2.45) is 4.99 Å². The zero-order valence-electron chi connectivity index (χ0n) is 14.7. The highest BCUT2D eigenvalue weighted by Gasteiger charge is 2.43. The molecule has 0 radical (unpaired) electrons. The number of aryl methyl sites for hydroxylation is 1. The topological polar surface area (TPSA) is 80.8 Å². The van der Waals surface area contributed by atoms with Crippen LogP contribution in [0.4, 0.5) is 13.2 Å². The van der Waals surface area contributed by atoms with Crippen molar-refractivity contribution in [3.63, 3.8) is 0 Å². The van der Waals surface area contributed by atoms with Crippen LogP contribution in [0.5, 0.6) is 0 Å². The van der Waals surface area contributed by atoms with Gasteiger partial charge in [-0.1, -0.05) is 44.2 Å². The van der Waals surface area contributed by atoms with Crippen molar-refractivity contribution in [2.45, 2.75) is 64.0 Å². The average Bonchev–Trinajstić information content (AvgIpc) is 3.06. The molecule has 26 heavy (non-hydrogen) atoms. The molecule has 10 heteroatoms. The van der Waals surface area contributed by atoms with Crippen LogP contribution >= 0.6 is 0 Å². The molecule has 0 aliphatic carbocycles. The molecule has 7 nitrogen and oxygen atoms in total. The quantitative estimate of drug-likeness (QED) is 0.615. The summed E-state index contributed by atoms with van der Waals surface area (Å²) in [4.78, 5) is 23.3. The number of hydrogen-bond acceptors (Lipinski definition) is 7. The Morgan fingerprint density at radius 3 is 2.77 bits per heavy atom. The molecule has 0 saturated heterocycles. The summed E-state index contributed by atoms with van der Waals surface area (Å²) in [6.45, 7) is 2.42. The third kappa shape index (κ3) is 6.30. The number of aliphatic imine (C=N–C) groups is 1. The van der Waals surface area contributed by atoms with Gasteiger partial charge in [-0.05, 0) is 6.42 Å². The Kier molecular flexibility index (Phi) is 7.40. The largest absolute Gasteiger partial charge is 0.493 e.